The number of carbonyl (C=O) groups is 1. The molecule has 1 aliphatic heterocycles. The second-order valence-electron chi connectivity index (χ2n) is 7.33. The van der Waals surface area contributed by atoms with Crippen LogP contribution in [0.2, 0.25) is 0 Å². The summed E-state index contributed by atoms with van der Waals surface area (Å²) in [5.74, 6) is -0.0967. The minimum atomic E-state index is -3.98. The number of fused-ring (bicyclic) bond motifs is 1. The predicted octanol–water partition coefficient (Wildman–Crippen LogP) is 3.03. The second kappa shape index (κ2) is 7.73. The van der Waals surface area contributed by atoms with E-state index in [4.69, 9.17) is 9.15 Å². The fourth-order valence-corrected chi connectivity index (χ4v) is 5.10. The van der Waals surface area contributed by atoms with Gasteiger partial charge < -0.3 is 14.1 Å². The fraction of sp³-hybridized carbons (Fsp3) is 0.333. The van der Waals surface area contributed by atoms with Crippen molar-refractivity contribution in [3.63, 3.8) is 0 Å². The van der Waals surface area contributed by atoms with Crippen molar-refractivity contribution in [3.8, 4) is 0 Å². The van der Waals surface area contributed by atoms with E-state index in [1.165, 1.54) is 6.20 Å². The second-order valence-corrected chi connectivity index (χ2v) is 8.95. The van der Waals surface area contributed by atoms with Gasteiger partial charge in [-0.1, -0.05) is 0 Å². The minimum Gasteiger partial charge on any atom is -0.449 e. The molecule has 1 aromatic carbocycles. The molecule has 1 saturated heterocycles. The lowest BCUT2D eigenvalue weighted by atomic mass is 10.0. The van der Waals surface area contributed by atoms with E-state index in [1.54, 1.807) is 37.1 Å². The van der Waals surface area contributed by atoms with E-state index in [-0.39, 0.29) is 22.1 Å². The molecule has 1 fully saturated rings. The molecule has 1 N–H and O–H groups in total. The van der Waals surface area contributed by atoms with Crippen molar-refractivity contribution in [1.29, 1.82) is 0 Å². The Morgan fingerprint density at radius 3 is 2.57 bits per heavy atom. The van der Waals surface area contributed by atoms with Crippen molar-refractivity contribution in [2.24, 2.45) is 0 Å². The number of aromatic nitrogens is 1. The number of hydrogen-bond acceptors (Lipinski definition) is 6. The number of hydrogen-bond donors (Lipinski definition) is 1. The number of nitrogens with one attached hydrogen (secondary N) is 1. The van der Waals surface area contributed by atoms with Gasteiger partial charge in [-0.3, -0.25) is 14.5 Å². The number of morpholine rings is 1. The van der Waals surface area contributed by atoms with Crippen LogP contribution in [0.1, 0.15) is 27.2 Å². The van der Waals surface area contributed by atoms with Crippen molar-refractivity contribution in [2.75, 3.05) is 31.0 Å². The molecule has 3 aromatic rings. The molecule has 0 bridgehead atoms. The van der Waals surface area contributed by atoms with Gasteiger partial charge in [0.1, 0.15) is 4.90 Å². The number of ether oxygens (including phenoxy) is 1. The van der Waals surface area contributed by atoms with Crippen LogP contribution in [0.5, 0.6) is 0 Å². The molecule has 8 nitrogen and oxygen atoms in total. The Bertz CT molecular complexity index is 1210. The zero-order valence-corrected chi connectivity index (χ0v) is 17.9. The van der Waals surface area contributed by atoms with Crippen molar-refractivity contribution in [3.05, 3.63) is 53.0 Å². The third-order valence-electron chi connectivity index (χ3n) is 5.37. The third-order valence-corrected chi connectivity index (χ3v) is 6.90. The van der Waals surface area contributed by atoms with Crippen LogP contribution in [-0.2, 0) is 14.8 Å². The number of furan rings is 1. The Hall–Kier alpha value is -2.91. The van der Waals surface area contributed by atoms with Gasteiger partial charge in [0.15, 0.2) is 11.3 Å². The van der Waals surface area contributed by atoms with Gasteiger partial charge in [-0.05, 0) is 50.1 Å². The first-order valence-electron chi connectivity index (χ1n) is 9.63. The molecule has 1 amide bonds. The summed E-state index contributed by atoms with van der Waals surface area (Å²) in [6.45, 7) is 7.23. The third kappa shape index (κ3) is 3.54. The van der Waals surface area contributed by atoms with Gasteiger partial charge in [0.25, 0.3) is 15.9 Å². The molecule has 0 spiro atoms. The monoisotopic (exact) mass is 429 g/mol. The number of pyridine rings is 1. The fourth-order valence-electron chi connectivity index (χ4n) is 3.61. The number of nitrogens with zero attached hydrogens (tertiary/aromatic N) is 2. The number of carbonyl (C=O) groups excluding carboxylic acids is 1. The first-order valence-corrected chi connectivity index (χ1v) is 11.1. The zero-order chi connectivity index (χ0) is 21.5. The molecule has 2 aromatic heterocycles. The summed E-state index contributed by atoms with van der Waals surface area (Å²) in [6.07, 6.45) is 2.99. The highest BCUT2D eigenvalue weighted by Crippen LogP contribution is 2.36. The summed E-state index contributed by atoms with van der Waals surface area (Å²) < 4.78 is 40.3. The molecule has 0 unspecified atom stereocenters. The highest BCUT2D eigenvalue weighted by Gasteiger charge is 2.30. The van der Waals surface area contributed by atoms with Crippen molar-refractivity contribution < 1.29 is 22.4 Å². The minimum absolute atomic E-state index is 0.0329. The maximum Gasteiger partial charge on any atom is 0.290 e. The average molecular weight is 429 g/mol. The number of benzene rings is 1. The van der Waals surface area contributed by atoms with Gasteiger partial charge in [-0.25, -0.2) is 8.42 Å². The summed E-state index contributed by atoms with van der Waals surface area (Å²) in [5.41, 5.74) is 2.52. The molecule has 30 heavy (non-hydrogen) atoms. The van der Waals surface area contributed by atoms with E-state index >= 15 is 0 Å². The lowest BCUT2D eigenvalue weighted by Gasteiger charge is -2.26. The summed E-state index contributed by atoms with van der Waals surface area (Å²) in [7, 11) is -3.98. The SMILES string of the molecule is Cc1cc2c(C)c(C(=O)N3CCOCC3)oc2c(S(=O)(=O)Nc2cccnc2)c1C. The number of amides is 1. The standard InChI is InChI=1S/C21H23N3O5S/c1-13-11-17-15(3)18(21(25)24-7-9-28-10-8-24)29-19(17)20(14(13)2)30(26,27)23-16-5-4-6-22-12-16/h4-6,11-12,23H,7-10H2,1-3H3. The first kappa shape index (κ1) is 20.4. The molecule has 0 atom stereocenters. The molecule has 9 heteroatoms. The molecule has 3 heterocycles. The highest BCUT2D eigenvalue weighted by molar-refractivity contribution is 7.93. The van der Waals surface area contributed by atoms with Crippen LogP contribution in [0.25, 0.3) is 11.0 Å². The summed E-state index contributed by atoms with van der Waals surface area (Å²) in [5, 5.41) is 0.612. The Balaban J connectivity index is 1.85. The van der Waals surface area contributed by atoms with Gasteiger partial charge in [-0.2, -0.15) is 0 Å². The normalized spacial score (nSPS) is 14.8. The average Bonchev–Trinajstić information content (AvgIpc) is 3.05. The molecule has 0 saturated carbocycles. The van der Waals surface area contributed by atoms with Crippen LogP contribution < -0.4 is 4.72 Å². The largest absolute Gasteiger partial charge is 0.449 e. The van der Waals surface area contributed by atoms with Crippen LogP contribution in [-0.4, -0.2) is 50.5 Å². The van der Waals surface area contributed by atoms with E-state index in [1.807, 2.05) is 13.0 Å². The summed E-state index contributed by atoms with van der Waals surface area (Å²) in [4.78, 5) is 18.7. The molecular weight excluding hydrogens is 406 g/mol. The topological polar surface area (TPSA) is 102 Å². The molecular formula is C21H23N3O5S. The molecule has 0 aliphatic carbocycles. The Morgan fingerprint density at radius 2 is 1.90 bits per heavy atom. The van der Waals surface area contributed by atoms with Crippen molar-refractivity contribution in [2.45, 2.75) is 25.7 Å². The first-order chi connectivity index (χ1) is 14.3. The van der Waals surface area contributed by atoms with Crippen LogP contribution in [0.15, 0.2) is 39.9 Å². The maximum atomic E-state index is 13.3. The summed E-state index contributed by atoms with van der Waals surface area (Å²) in [6, 6.07) is 5.13. The summed E-state index contributed by atoms with van der Waals surface area (Å²) >= 11 is 0. The lowest BCUT2D eigenvalue weighted by Crippen LogP contribution is -2.40. The van der Waals surface area contributed by atoms with Crippen LogP contribution in [0, 0.1) is 20.8 Å². The van der Waals surface area contributed by atoms with Crippen LogP contribution >= 0.6 is 0 Å². The Kier molecular flexibility index (Phi) is 5.25. The van der Waals surface area contributed by atoms with E-state index in [0.29, 0.717) is 48.5 Å². The van der Waals surface area contributed by atoms with E-state index in [9.17, 15) is 13.2 Å². The highest BCUT2D eigenvalue weighted by atomic mass is 32.2. The number of anilines is 1. The molecule has 158 valence electrons. The van der Waals surface area contributed by atoms with Gasteiger partial charge in [0.2, 0.25) is 0 Å². The number of rotatable bonds is 4. The van der Waals surface area contributed by atoms with Gasteiger partial charge in [0, 0.05) is 30.2 Å². The molecule has 0 radical (unpaired) electrons. The Morgan fingerprint density at radius 1 is 1.17 bits per heavy atom. The molecule has 4 rings (SSSR count). The smallest absolute Gasteiger partial charge is 0.290 e. The van der Waals surface area contributed by atoms with E-state index < -0.39 is 10.0 Å². The van der Waals surface area contributed by atoms with Crippen molar-refractivity contribution >= 4 is 32.6 Å². The quantitative estimate of drug-likeness (QED) is 0.684. The van der Waals surface area contributed by atoms with Gasteiger partial charge in [-0.15, -0.1) is 0 Å². The Labute approximate surface area is 174 Å². The van der Waals surface area contributed by atoms with Crippen LogP contribution in [0.3, 0.4) is 0 Å². The van der Waals surface area contributed by atoms with Gasteiger partial charge in [0.05, 0.1) is 25.1 Å². The zero-order valence-electron chi connectivity index (χ0n) is 17.1. The lowest BCUT2D eigenvalue weighted by molar-refractivity contribution is 0.0283. The predicted molar refractivity (Wildman–Crippen MR) is 112 cm³/mol. The van der Waals surface area contributed by atoms with Crippen LogP contribution in [0.4, 0.5) is 5.69 Å². The van der Waals surface area contributed by atoms with Crippen molar-refractivity contribution in [1.82, 2.24) is 9.88 Å². The number of sulfonamides is 1. The van der Waals surface area contributed by atoms with Gasteiger partial charge >= 0.3 is 0 Å². The maximum absolute atomic E-state index is 13.3. The van der Waals surface area contributed by atoms with E-state index in [0.717, 1.165) is 5.56 Å². The van der Waals surface area contributed by atoms with E-state index in [2.05, 4.69) is 9.71 Å². The number of aryl methyl sites for hydroxylation is 2. The molecule has 1 aliphatic rings.